The van der Waals surface area contributed by atoms with Gasteiger partial charge in [-0.3, -0.25) is 0 Å². The van der Waals surface area contributed by atoms with Crippen molar-refractivity contribution in [2.24, 2.45) is 0 Å². The van der Waals surface area contributed by atoms with E-state index in [2.05, 4.69) is 0 Å². The molecular formula is C6H15Cl2O3Sb. The Hall–Kier alpha value is 1.28. The number of halogens is 2. The van der Waals surface area contributed by atoms with E-state index in [4.69, 9.17) is 26.7 Å². The second-order valence-electron chi connectivity index (χ2n) is 1.95. The minimum absolute atomic E-state index is 0.397. The molecule has 0 aliphatic carbocycles. The molecule has 0 aliphatic heterocycles. The van der Waals surface area contributed by atoms with Crippen LogP contribution in [0.5, 0.6) is 0 Å². The van der Waals surface area contributed by atoms with Crippen LogP contribution in [0.4, 0.5) is 0 Å². The third kappa shape index (κ3) is 4.50. The topological polar surface area (TPSA) is 27.7 Å². The SMILES string of the molecule is CC[O][Sb]([Cl])([Cl])([O]CC)[O]CC. The predicted molar refractivity (Wildman–Crippen MR) is 52.3 cm³/mol. The summed E-state index contributed by atoms with van der Waals surface area (Å²) in [5.74, 6) is 0. The molecule has 0 aromatic carbocycles. The molecule has 0 unspecified atom stereocenters. The van der Waals surface area contributed by atoms with Crippen LogP contribution in [0, 0.1) is 0 Å². The molecule has 6 heteroatoms. The van der Waals surface area contributed by atoms with Crippen LogP contribution < -0.4 is 0 Å². The molecule has 0 rings (SSSR count). The normalized spacial score (nSPS) is 15.6. The van der Waals surface area contributed by atoms with E-state index in [1.54, 1.807) is 20.8 Å². The van der Waals surface area contributed by atoms with E-state index >= 15 is 0 Å². The number of hydrogen-bond acceptors (Lipinski definition) is 3. The third-order valence-corrected chi connectivity index (χ3v) is 10.6. The maximum absolute atomic E-state index is 6.00. The summed E-state index contributed by atoms with van der Waals surface area (Å²) in [4.78, 5) is 0. The zero-order valence-electron chi connectivity index (χ0n) is 7.55. The van der Waals surface area contributed by atoms with Gasteiger partial charge >= 0.3 is 83.7 Å². The first-order valence-corrected chi connectivity index (χ1v) is 13.5. The van der Waals surface area contributed by atoms with Gasteiger partial charge in [-0.15, -0.1) is 0 Å². The zero-order chi connectivity index (χ0) is 9.69. The first kappa shape index (κ1) is 13.3. The van der Waals surface area contributed by atoms with Gasteiger partial charge in [-0.25, -0.2) is 0 Å². The molecular weight excluding hydrogens is 313 g/mol. The molecule has 0 bridgehead atoms. The van der Waals surface area contributed by atoms with Gasteiger partial charge in [0.1, 0.15) is 0 Å². The fourth-order valence-electron chi connectivity index (χ4n) is 0.721. The molecule has 0 saturated carbocycles. The molecule has 12 heavy (non-hydrogen) atoms. The van der Waals surface area contributed by atoms with Gasteiger partial charge in [0, 0.05) is 0 Å². The van der Waals surface area contributed by atoms with Crippen LogP contribution in [0.1, 0.15) is 20.8 Å². The summed E-state index contributed by atoms with van der Waals surface area (Å²) >= 11 is -4.56. The van der Waals surface area contributed by atoms with Crippen LogP contribution in [0.2, 0.25) is 0 Å². The summed E-state index contributed by atoms with van der Waals surface area (Å²) < 4.78 is 15.6. The fraction of sp³-hybridized carbons (Fsp3) is 1.00. The van der Waals surface area contributed by atoms with Crippen molar-refractivity contribution in [3.05, 3.63) is 0 Å². The summed E-state index contributed by atoms with van der Waals surface area (Å²) in [5.41, 5.74) is 0. The first-order chi connectivity index (χ1) is 5.46. The van der Waals surface area contributed by atoms with Crippen LogP contribution in [-0.4, -0.2) is 36.2 Å². The third-order valence-electron chi connectivity index (χ3n) is 0.996. The van der Waals surface area contributed by atoms with E-state index in [1.807, 2.05) is 0 Å². The molecule has 0 spiro atoms. The summed E-state index contributed by atoms with van der Waals surface area (Å²) in [6.07, 6.45) is 0. The van der Waals surface area contributed by atoms with Gasteiger partial charge < -0.3 is 0 Å². The average Bonchev–Trinajstić information content (AvgIpc) is 1.86. The van der Waals surface area contributed by atoms with Gasteiger partial charge in [-0.1, -0.05) is 0 Å². The van der Waals surface area contributed by atoms with Crippen LogP contribution in [-0.2, 0) is 9.05 Å². The molecule has 0 atom stereocenters. The van der Waals surface area contributed by atoms with Crippen molar-refractivity contribution in [2.45, 2.75) is 20.8 Å². The Morgan fingerprint density at radius 1 is 0.833 bits per heavy atom. The second-order valence-corrected chi connectivity index (χ2v) is 17.2. The van der Waals surface area contributed by atoms with E-state index < -0.39 is 16.4 Å². The van der Waals surface area contributed by atoms with E-state index in [-0.39, 0.29) is 0 Å². The van der Waals surface area contributed by atoms with Crippen LogP contribution >= 0.6 is 17.7 Å². The Labute approximate surface area is 83.4 Å². The number of rotatable bonds is 6. The Balaban J connectivity index is 4.31. The van der Waals surface area contributed by atoms with E-state index in [0.29, 0.717) is 19.8 Å². The molecule has 0 saturated heterocycles. The molecule has 0 fully saturated rings. The van der Waals surface area contributed by atoms with Gasteiger partial charge in [-0.2, -0.15) is 0 Å². The summed E-state index contributed by atoms with van der Waals surface area (Å²) in [6, 6.07) is 0. The van der Waals surface area contributed by atoms with Gasteiger partial charge in [-0.05, 0) is 0 Å². The van der Waals surface area contributed by atoms with Crippen molar-refractivity contribution in [3.8, 4) is 0 Å². The quantitative estimate of drug-likeness (QED) is 0.701. The molecule has 0 amide bonds. The number of hydrogen-bond donors (Lipinski definition) is 0. The Morgan fingerprint density at radius 3 is 1.25 bits per heavy atom. The fourth-order valence-corrected chi connectivity index (χ4v) is 8.76. The zero-order valence-corrected chi connectivity index (χ0v) is 11.6. The van der Waals surface area contributed by atoms with Crippen molar-refractivity contribution in [3.63, 3.8) is 0 Å². The van der Waals surface area contributed by atoms with Crippen molar-refractivity contribution in [1.82, 2.24) is 0 Å². The Morgan fingerprint density at radius 2 is 1.08 bits per heavy atom. The van der Waals surface area contributed by atoms with Crippen LogP contribution in [0.3, 0.4) is 0 Å². The predicted octanol–water partition coefficient (Wildman–Crippen LogP) is 2.46. The standard InChI is InChI=1S/3C2H5O.2ClH.Sb/c3*1-2-3;;;/h3*2H2,1H3;2*1H;/q3*-1;;;+5/p-2. The molecule has 0 radical (unpaired) electrons. The first-order valence-electron chi connectivity index (χ1n) is 3.87. The molecule has 0 heterocycles. The van der Waals surface area contributed by atoms with Crippen molar-refractivity contribution < 1.29 is 9.05 Å². The van der Waals surface area contributed by atoms with Crippen molar-refractivity contribution >= 4 is 34.0 Å². The van der Waals surface area contributed by atoms with Crippen LogP contribution in [0.25, 0.3) is 0 Å². The summed E-state index contributed by atoms with van der Waals surface area (Å²) in [6.45, 7) is 6.59. The molecule has 76 valence electrons. The van der Waals surface area contributed by atoms with Gasteiger partial charge in [0.2, 0.25) is 0 Å². The van der Waals surface area contributed by atoms with E-state index in [9.17, 15) is 0 Å². The van der Waals surface area contributed by atoms with Crippen LogP contribution in [0.15, 0.2) is 0 Å². The summed E-state index contributed by atoms with van der Waals surface area (Å²) in [7, 11) is 12.0. The minimum atomic E-state index is -4.56. The van der Waals surface area contributed by atoms with E-state index in [0.717, 1.165) is 0 Å². The molecule has 3 nitrogen and oxygen atoms in total. The van der Waals surface area contributed by atoms with Gasteiger partial charge in [0.05, 0.1) is 0 Å². The Bertz CT molecular complexity index is 119. The Kier molecular flexibility index (Phi) is 5.79. The van der Waals surface area contributed by atoms with Gasteiger partial charge in [0.25, 0.3) is 0 Å². The molecule has 0 N–H and O–H groups in total. The average molecular weight is 328 g/mol. The maximum atomic E-state index is 6.00. The molecule has 0 aliphatic rings. The van der Waals surface area contributed by atoms with E-state index in [1.165, 1.54) is 0 Å². The van der Waals surface area contributed by atoms with Crippen molar-refractivity contribution in [2.75, 3.05) is 19.8 Å². The molecule has 0 aromatic heterocycles. The molecule has 0 aromatic rings. The summed E-state index contributed by atoms with van der Waals surface area (Å²) in [5, 5.41) is 0. The monoisotopic (exact) mass is 326 g/mol. The van der Waals surface area contributed by atoms with Gasteiger partial charge in [0.15, 0.2) is 0 Å². The van der Waals surface area contributed by atoms with Crippen molar-refractivity contribution in [1.29, 1.82) is 0 Å². The second kappa shape index (κ2) is 5.23.